The quantitative estimate of drug-likeness (QED) is 0.578. The van der Waals surface area contributed by atoms with Crippen molar-refractivity contribution in [3.05, 3.63) is 0 Å². The van der Waals surface area contributed by atoms with Gasteiger partial charge >= 0.3 is 0 Å². The molecule has 1 heterocycles. The van der Waals surface area contributed by atoms with Gasteiger partial charge in [-0.15, -0.1) is 0 Å². The van der Waals surface area contributed by atoms with Crippen LogP contribution in [0.3, 0.4) is 0 Å². The molecule has 84 valence electrons. The van der Waals surface area contributed by atoms with E-state index in [2.05, 4.69) is 12.2 Å². The Morgan fingerprint density at radius 2 is 2.43 bits per heavy atom. The highest BCUT2D eigenvalue weighted by molar-refractivity contribution is 4.76. The third-order valence-corrected chi connectivity index (χ3v) is 2.47. The molecule has 0 saturated carbocycles. The van der Waals surface area contributed by atoms with E-state index >= 15 is 0 Å². The van der Waals surface area contributed by atoms with Crippen LogP contribution in [-0.2, 0) is 9.47 Å². The van der Waals surface area contributed by atoms with Crippen LogP contribution in [-0.4, -0.2) is 50.2 Å². The van der Waals surface area contributed by atoms with Crippen molar-refractivity contribution in [2.24, 2.45) is 0 Å². The molecule has 0 aromatic carbocycles. The minimum Gasteiger partial charge on any atom is -0.394 e. The average molecular weight is 203 g/mol. The number of hydrogen-bond donors (Lipinski definition) is 2. The second-order valence-corrected chi connectivity index (χ2v) is 3.63. The standard InChI is InChI=1S/C10H21NO3/c1-9(10-3-2-6-14-10)11-4-7-13-8-5-12/h9-12H,2-8H2,1H3. The fraction of sp³-hybridized carbons (Fsp3) is 1.00. The summed E-state index contributed by atoms with van der Waals surface area (Å²) in [6.07, 6.45) is 2.71. The lowest BCUT2D eigenvalue weighted by Crippen LogP contribution is -2.38. The topological polar surface area (TPSA) is 50.7 Å². The van der Waals surface area contributed by atoms with E-state index in [-0.39, 0.29) is 6.61 Å². The van der Waals surface area contributed by atoms with Gasteiger partial charge in [-0.05, 0) is 19.8 Å². The zero-order chi connectivity index (χ0) is 10.2. The average Bonchev–Trinajstić information content (AvgIpc) is 2.70. The van der Waals surface area contributed by atoms with E-state index < -0.39 is 0 Å². The molecule has 1 saturated heterocycles. The van der Waals surface area contributed by atoms with Crippen LogP contribution in [0.4, 0.5) is 0 Å². The van der Waals surface area contributed by atoms with Crippen molar-refractivity contribution in [2.75, 3.05) is 33.0 Å². The van der Waals surface area contributed by atoms with E-state index in [4.69, 9.17) is 14.6 Å². The molecule has 4 heteroatoms. The molecular weight excluding hydrogens is 182 g/mol. The van der Waals surface area contributed by atoms with Crippen LogP contribution in [0.5, 0.6) is 0 Å². The van der Waals surface area contributed by atoms with Crippen LogP contribution in [0, 0.1) is 0 Å². The fourth-order valence-electron chi connectivity index (χ4n) is 1.65. The monoisotopic (exact) mass is 203 g/mol. The molecule has 0 amide bonds. The van der Waals surface area contributed by atoms with Gasteiger partial charge in [-0.2, -0.15) is 0 Å². The highest BCUT2D eigenvalue weighted by Gasteiger charge is 2.21. The summed E-state index contributed by atoms with van der Waals surface area (Å²) < 4.78 is 10.7. The third kappa shape index (κ3) is 4.37. The summed E-state index contributed by atoms with van der Waals surface area (Å²) in [5.41, 5.74) is 0. The second-order valence-electron chi connectivity index (χ2n) is 3.63. The van der Waals surface area contributed by atoms with Crippen LogP contribution in [0.1, 0.15) is 19.8 Å². The Labute approximate surface area is 85.6 Å². The van der Waals surface area contributed by atoms with Gasteiger partial charge < -0.3 is 19.9 Å². The molecule has 2 unspecified atom stereocenters. The van der Waals surface area contributed by atoms with Gasteiger partial charge in [-0.1, -0.05) is 0 Å². The lowest BCUT2D eigenvalue weighted by atomic mass is 10.1. The molecule has 14 heavy (non-hydrogen) atoms. The minimum atomic E-state index is 0.0985. The van der Waals surface area contributed by atoms with Gasteiger partial charge in [-0.3, -0.25) is 0 Å². The molecule has 0 aliphatic carbocycles. The Morgan fingerprint density at radius 1 is 1.57 bits per heavy atom. The van der Waals surface area contributed by atoms with Gasteiger partial charge in [0.05, 0.1) is 25.9 Å². The number of aliphatic hydroxyl groups is 1. The van der Waals surface area contributed by atoms with Crippen molar-refractivity contribution in [3.8, 4) is 0 Å². The predicted molar refractivity (Wildman–Crippen MR) is 54.3 cm³/mol. The van der Waals surface area contributed by atoms with Gasteiger partial charge in [0.2, 0.25) is 0 Å². The van der Waals surface area contributed by atoms with E-state index in [1.807, 2.05) is 0 Å². The van der Waals surface area contributed by atoms with Crippen LogP contribution < -0.4 is 5.32 Å². The fourth-order valence-corrected chi connectivity index (χ4v) is 1.65. The molecule has 0 bridgehead atoms. The molecule has 0 radical (unpaired) electrons. The number of ether oxygens (including phenoxy) is 2. The minimum absolute atomic E-state index is 0.0985. The van der Waals surface area contributed by atoms with Gasteiger partial charge in [0.15, 0.2) is 0 Å². The first kappa shape index (κ1) is 11.9. The second kappa shape index (κ2) is 7.17. The maximum atomic E-state index is 8.48. The van der Waals surface area contributed by atoms with Crippen molar-refractivity contribution in [1.29, 1.82) is 0 Å². The molecule has 2 atom stereocenters. The molecule has 4 nitrogen and oxygen atoms in total. The van der Waals surface area contributed by atoms with Crippen LogP contribution in [0.15, 0.2) is 0 Å². The number of rotatable bonds is 7. The SMILES string of the molecule is CC(NCCOCCO)C1CCCO1. The van der Waals surface area contributed by atoms with E-state index in [0.29, 0.717) is 25.4 Å². The summed E-state index contributed by atoms with van der Waals surface area (Å²) in [5, 5.41) is 11.8. The van der Waals surface area contributed by atoms with Gasteiger partial charge in [0.1, 0.15) is 0 Å². The molecule has 1 aliphatic heterocycles. The Kier molecular flexibility index (Phi) is 6.10. The van der Waals surface area contributed by atoms with E-state index in [1.165, 1.54) is 6.42 Å². The summed E-state index contributed by atoms with van der Waals surface area (Å²) in [7, 11) is 0. The maximum Gasteiger partial charge on any atom is 0.0726 e. The summed E-state index contributed by atoms with van der Waals surface area (Å²) >= 11 is 0. The predicted octanol–water partition coefficient (Wildman–Crippen LogP) is 0.152. The lowest BCUT2D eigenvalue weighted by Gasteiger charge is -2.19. The van der Waals surface area contributed by atoms with Gasteiger partial charge in [0.25, 0.3) is 0 Å². The van der Waals surface area contributed by atoms with Crippen molar-refractivity contribution in [2.45, 2.75) is 31.9 Å². The van der Waals surface area contributed by atoms with Crippen LogP contribution in [0.25, 0.3) is 0 Å². The number of nitrogens with one attached hydrogen (secondary N) is 1. The zero-order valence-corrected chi connectivity index (χ0v) is 8.87. The first-order chi connectivity index (χ1) is 6.84. The summed E-state index contributed by atoms with van der Waals surface area (Å²) in [6.45, 7) is 5.04. The highest BCUT2D eigenvalue weighted by atomic mass is 16.5. The normalized spacial score (nSPS) is 24.0. The van der Waals surface area contributed by atoms with Crippen molar-refractivity contribution < 1.29 is 14.6 Å². The molecular formula is C10H21NO3. The Morgan fingerprint density at radius 3 is 3.07 bits per heavy atom. The molecule has 0 aromatic rings. The van der Waals surface area contributed by atoms with Gasteiger partial charge in [0, 0.05) is 19.2 Å². The van der Waals surface area contributed by atoms with E-state index in [9.17, 15) is 0 Å². The largest absolute Gasteiger partial charge is 0.394 e. The molecule has 2 N–H and O–H groups in total. The highest BCUT2D eigenvalue weighted by Crippen LogP contribution is 2.14. The first-order valence-corrected chi connectivity index (χ1v) is 5.38. The summed E-state index contributed by atoms with van der Waals surface area (Å²) in [4.78, 5) is 0. The Hall–Kier alpha value is -0.160. The zero-order valence-electron chi connectivity index (χ0n) is 8.87. The summed E-state index contributed by atoms with van der Waals surface area (Å²) in [5.74, 6) is 0. The van der Waals surface area contributed by atoms with Crippen LogP contribution in [0.2, 0.25) is 0 Å². The molecule has 0 spiro atoms. The van der Waals surface area contributed by atoms with Crippen molar-refractivity contribution in [3.63, 3.8) is 0 Å². The van der Waals surface area contributed by atoms with E-state index in [0.717, 1.165) is 19.6 Å². The molecule has 0 aromatic heterocycles. The van der Waals surface area contributed by atoms with Crippen molar-refractivity contribution >= 4 is 0 Å². The van der Waals surface area contributed by atoms with E-state index in [1.54, 1.807) is 0 Å². The number of aliphatic hydroxyl groups excluding tert-OH is 1. The Balaban J connectivity index is 1.94. The van der Waals surface area contributed by atoms with Crippen LogP contribution >= 0.6 is 0 Å². The van der Waals surface area contributed by atoms with Crippen molar-refractivity contribution in [1.82, 2.24) is 5.32 Å². The molecule has 1 rings (SSSR count). The lowest BCUT2D eigenvalue weighted by molar-refractivity contribution is 0.0701. The summed E-state index contributed by atoms with van der Waals surface area (Å²) in [6, 6.07) is 0.398. The molecule has 1 aliphatic rings. The maximum absolute atomic E-state index is 8.48. The third-order valence-electron chi connectivity index (χ3n) is 2.47. The first-order valence-electron chi connectivity index (χ1n) is 5.38. The number of hydrogen-bond acceptors (Lipinski definition) is 4. The van der Waals surface area contributed by atoms with Gasteiger partial charge in [-0.25, -0.2) is 0 Å². The Bertz CT molecular complexity index is 137. The smallest absolute Gasteiger partial charge is 0.0726 e. The molecule has 1 fully saturated rings.